The Morgan fingerprint density at radius 3 is 2.59 bits per heavy atom. The van der Waals surface area contributed by atoms with Crippen molar-refractivity contribution in [2.45, 2.75) is 19.4 Å². The second kappa shape index (κ2) is 9.07. The van der Waals surface area contributed by atoms with Gasteiger partial charge >= 0.3 is 0 Å². The summed E-state index contributed by atoms with van der Waals surface area (Å²) in [5, 5.41) is 6.20. The smallest absolute Gasteiger partial charge is 0.241 e. The molecule has 0 spiro atoms. The van der Waals surface area contributed by atoms with Crippen LogP contribution in [0.2, 0.25) is 5.02 Å². The molecular formula is C21H23ClN4O3. The van der Waals surface area contributed by atoms with Crippen LogP contribution in [0.4, 0.5) is 17.1 Å². The second-order valence-electron chi connectivity index (χ2n) is 7.11. The Bertz CT molecular complexity index is 916. The van der Waals surface area contributed by atoms with E-state index in [1.54, 1.807) is 47.2 Å². The largest absolute Gasteiger partial charge is 0.325 e. The molecule has 29 heavy (non-hydrogen) atoms. The molecule has 0 unspecified atom stereocenters. The number of hydrogen-bond donors (Lipinski definition) is 2. The van der Waals surface area contributed by atoms with E-state index in [2.05, 4.69) is 10.6 Å². The van der Waals surface area contributed by atoms with E-state index < -0.39 is 0 Å². The molecule has 2 N–H and O–H groups in total. The topological polar surface area (TPSA) is 81.8 Å². The van der Waals surface area contributed by atoms with Crippen molar-refractivity contribution in [3.05, 3.63) is 53.6 Å². The molecule has 0 radical (unpaired) electrons. The zero-order chi connectivity index (χ0) is 21.0. The standard InChI is InChI=1S/C21H23ClN4O3/c1-14-11-19(27)24-17-5-3-4-6-18(17)26(14)21(29)13-25(2)12-20(28)23-16-9-7-15(22)8-10-16/h3-10,14H,11-13H2,1-2H3,(H,23,28)(H,24,27)/t14-/m1/s1. The Balaban J connectivity index is 1.64. The molecule has 1 atom stereocenters. The predicted molar refractivity (Wildman–Crippen MR) is 114 cm³/mol. The van der Waals surface area contributed by atoms with E-state index in [1.165, 1.54) is 0 Å². The maximum Gasteiger partial charge on any atom is 0.241 e. The Morgan fingerprint density at radius 2 is 1.86 bits per heavy atom. The number of nitrogens with zero attached hydrogens (tertiary/aromatic N) is 2. The summed E-state index contributed by atoms with van der Waals surface area (Å²) in [7, 11) is 1.71. The van der Waals surface area contributed by atoms with Gasteiger partial charge in [0.1, 0.15) is 0 Å². The highest BCUT2D eigenvalue weighted by Crippen LogP contribution is 2.31. The number of carbonyl (C=O) groups is 3. The molecule has 0 saturated heterocycles. The SMILES string of the molecule is C[C@@H]1CC(=O)Nc2ccccc2N1C(=O)CN(C)CC(=O)Nc1ccc(Cl)cc1. The van der Waals surface area contributed by atoms with E-state index in [4.69, 9.17) is 11.6 Å². The van der Waals surface area contributed by atoms with Crippen molar-refractivity contribution in [2.24, 2.45) is 0 Å². The van der Waals surface area contributed by atoms with Gasteiger partial charge in [0, 0.05) is 23.2 Å². The molecule has 0 saturated carbocycles. The van der Waals surface area contributed by atoms with Crippen molar-refractivity contribution >= 4 is 46.4 Å². The van der Waals surface area contributed by atoms with Crippen LogP contribution in [0.15, 0.2) is 48.5 Å². The van der Waals surface area contributed by atoms with Gasteiger partial charge in [0.05, 0.1) is 24.5 Å². The van der Waals surface area contributed by atoms with Crippen LogP contribution in [0.3, 0.4) is 0 Å². The van der Waals surface area contributed by atoms with Gasteiger partial charge in [-0.15, -0.1) is 0 Å². The summed E-state index contributed by atoms with van der Waals surface area (Å²) in [6, 6.07) is 13.7. The third kappa shape index (κ3) is 5.34. The Kier molecular flexibility index (Phi) is 6.51. The maximum atomic E-state index is 13.0. The fraction of sp³-hybridized carbons (Fsp3) is 0.286. The van der Waals surface area contributed by atoms with E-state index in [1.807, 2.05) is 25.1 Å². The average Bonchev–Trinajstić information content (AvgIpc) is 2.77. The summed E-state index contributed by atoms with van der Waals surface area (Å²) >= 11 is 5.84. The lowest BCUT2D eigenvalue weighted by atomic mass is 10.1. The number of anilines is 3. The van der Waals surface area contributed by atoms with Crippen molar-refractivity contribution in [3.63, 3.8) is 0 Å². The number of likely N-dealkylation sites (N-methyl/N-ethyl adjacent to an activating group) is 1. The second-order valence-corrected chi connectivity index (χ2v) is 7.55. The molecule has 1 aliphatic heterocycles. The number of benzene rings is 2. The van der Waals surface area contributed by atoms with Crippen LogP contribution >= 0.6 is 11.6 Å². The van der Waals surface area contributed by atoms with E-state index in [0.717, 1.165) is 0 Å². The minimum absolute atomic E-state index is 0.0426. The van der Waals surface area contributed by atoms with E-state index in [9.17, 15) is 14.4 Å². The molecule has 7 nitrogen and oxygen atoms in total. The first-order chi connectivity index (χ1) is 13.8. The van der Waals surface area contributed by atoms with Gasteiger partial charge in [0.15, 0.2) is 0 Å². The van der Waals surface area contributed by atoms with Gasteiger partial charge in [-0.25, -0.2) is 0 Å². The Labute approximate surface area is 174 Å². The molecule has 0 fully saturated rings. The zero-order valence-electron chi connectivity index (χ0n) is 16.3. The lowest BCUT2D eigenvalue weighted by molar-refractivity contribution is -0.121. The van der Waals surface area contributed by atoms with Crippen molar-refractivity contribution in [2.75, 3.05) is 35.7 Å². The summed E-state index contributed by atoms with van der Waals surface area (Å²) in [6.07, 6.45) is 0.210. The van der Waals surface area contributed by atoms with Gasteiger partial charge in [-0.2, -0.15) is 0 Å². The lowest BCUT2D eigenvalue weighted by Crippen LogP contribution is -2.45. The van der Waals surface area contributed by atoms with Crippen molar-refractivity contribution in [1.82, 2.24) is 4.90 Å². The highest BCUT2D eigenvalue weighted by atomic mass is 35.5. The normalized spacial score (nSPS) is 16.1. The first kappa shape index (κ1) is 20.8. The molecule has 8 heteroatoms. The van der Waals surface area contributed by atoms with E-state index >= 15 is 0 Å². The van der Waals surface area contributed by atoms with Gasteiger partial charge in [-0.05, 0) is 50.4 Å². The quantitative estimate of drug-likeness (QED) is 0.788. The number of hydrogen-bond acceptors (Lipinski definition) is 4. The number of para-hydroxylation sites is 2. The van der Waals surface area contributed by atoms with Gasteiger partial charge in [0.2, 0.25) is 17.7 Å². The number of carbonyl (C=O) groups excluding carboxylic acids is 3. The molecule has 2 aromatic rings. The molecule has 3 amide bonds. The van der Waals surface area contributed by atoms with Crippen LogP contribution in [0.5, 0.6) is 0 Å². The van der Waals surface area contributed by atoms with Crippen LogP contribution in [-0.2, 0) is 14.4 Å². The molecule has 2 aromatic carbocycles. The number of halogens is 1. The molecule has 0 bridgehead atoms. The number of amides is 3. The fourth-order valence-electron chi connectivity index (χ4n) is 3.31. The average molecular weight is 415 g/mol. The first-order valence-electron chi connectivity index (χ1n) is 9.28. The molecule has 0 aliphatic carbocycles. The minimum Gasteiger partial charge on any atom is -0.325 e. The summed E-state index contributed by atoms with van der Waals surface area (Å²) in [6.45, 7) is 1.93. The monoisotopic (exact) mass is 414 g/mol. The summed E-state index contributed by atoms with van der Waals surface area (Å²) in [5.74, 6) is -0.539. The van der Waals surface area contributed by atoms with Crippen LogP contribution in [0, 0.1) is 0 Å². The molecule has 0 aromatic heterocycles. The van der Waals surface area contributed by atoms with Crippen LogP contribution < -0.4 is 15.5 Å². The third-order valence-corrected chi connectivity index (χ3v) is 4.83. The number of fused-ring (bicyclic) bond motifs is 1. The number of nitrogens with one attached hydrogen (secondary N) is 2. The van der Waals surface area contributed by atoms with Crippen molar-refractivity contribution < 1.29 is 14.4 Å². The summed E-state index contributed by atoms with van der Waals surface area (Å²) in [4.78, 5) is 40.6. The first-order valence-corrected chi connectivity index (χ1v) is 9.66. The Morgan fingerprint density at radius 1 is 1.17 bits per heavy atom. The highest BCUT2D eigenvalue weighted by Gasteiger charge is 2.30. The van der Waals surface area contributed by atoms with E-state index in [0.29, 0.717) is 22.1 Å². The number of rotatable bonds is 5. The predicted octanol–water partition coefficient (Wildman–Crippen LogP) is 2.97. The molecule has 152 valence electrons. The highest BCUT2D eigenvalue weighted by molar-refractivity contribution is 6.30. The summed E-state index contributed by atoms with van der Waals surface area (Å²) in [5.41, 5.74) is 1.91. The Hall–Kier alpha value is -2.90. The third-order valence-electron chi connectivity index (χ3n) is 4.57. The van der Waals surface area contributed by atoms with Crippen LogP contribution in [0.1, 0.15) is 13.3 Å². The van der Waals surface area contributed by atoms with Gasteiger partial charge in [0.25, 0.3) is 0 Å². The fourth-order valence-corrected chi connectivity index (χ4v) is 3.44. The summed E-state index contributed by atoms with van der Waals surface area (Å²) < 4.78 is 0. The molecule has 3 rings (SSSR count). The molecular weight excluding hydrogens is 392 g/mol. The molecule has 1 heterocycles. The van der Waals surface area contributed by atoms with Crippen LogP contribution in [-0.4, -0.2) is 48.8 Å². The van der Waals surface area contributed by atoms with Crippen LogP contribution in [0.25, 0.3) is 0 Å². The van der Waals surface area contributed by atoms with Crippen molar-refractivity contribution in [3.8, 4) is 0 Å². The van der Waals surface area contributed by atoms with E-state index in [-0.39, 0.29) is 43.3 Å². The minimum atomic E-state index is -0.289. The molecule has 1 aliphatic rings. The zero-order valence-corrected chi connectivity index (χ0v) is 17.1. The van der Waals surface area contributed by atoms with Crippen molar-refractivity contribution in [1.29, 1.82) is 0 Å². The lowest BCUT2D eigenvalue weighted by Gasteiger charge is -2.29. The van der Waals surface area contributed by atoms with Gasteiger partial charge in [-0.1, -0.05) is 23.7 Å². The van der Waals surface area contributed by atoms with Gasteiger partial charge in [-0.3, -0.25) is 19.3 Å². The maximum absolute atomic E-state index is 13.0. The van der Waals surface area contributed by atoms with Gasteiger partial charge < -0.3 is 15.5 Å².